The van der Waals surface area contributed by atoms with Gasteiger partial charge in [0, 0.05) is 15.2 Å². The number of rotatable bonds is 3. The second kappa shape index (κ2) is 5.19. The Kier molecular flexibility index (Phi) is 3.40. The van der Waals surface area contributed by atoms with Gasteiger partial charge < -0.3 is 4.74 Å². The van der Waals surface area contributed by atoms with E-state index in [2.05, 4.69) is 29.0 Å². The molecule has 0 saturated heterocycles. The molecule has 0 aliphatic rings. The summed E-state index contributed by atoms with van der Waals surface area (Å²) in [6, 6.07) is 10.1. The first-order valence-electron chi connectivity index (χ1n) is 5.79. The lowest BCUT2D eigenvalue weighted by Gasteiger charge is -2.04. The van der Waals surface area contributed by atoms with Gasteiger partial charge in [0.25, 0.3) is 0 Å². The maximum atomic E-state index is 5.24. The van der Waals surface area contributed by atoms with Crippen LogP contribution in [-0.4, -0.2) is 17.1 Å². The average molecular weight is 288 g/mol. The van der Waals surface area contributed by atoms with Gasteiger partial charge in [-0.25, -0.2) is 9.97 Å². The van der Waals surface area contributed by atoms with Gasteiger partial charge in [-0.2, -0.15) is 0 Å². The molecule has 3 aromatic rings. The Labute approximate surface area is 119 Å². The molecule has 5 heteroatoms. The molecule has 0 saturated carbocycles. The molecule has 1 aromatic carbocycles. The third kappa shape index (κ3) is 2.57. The third-order valence-electron chi connectivity index (χ3n) is 2.67. The zero-order valence-electron chi connectivity index (χ0n) is 10.6. The van der Waals surface area contributed by atoms with Crippen LogP contribution in [0, 0.1) is 6.92 Å². The highest BCUT2D eigenvalue weighted by atomic mass is 32.2. The van der Waals surface area contributed by atoms with Crippen LogP contribution in [0.3, 0.4) is 0 Å². The zero-order valence-corrected chi connectivity index (χ0v) is 12.2. The van der Waals surface area contributed by atoms with Crippen LogP contribution in [0.1, 0.15) is 4.88 Å². The Morgan fingerprint density at radius 1 is 1.21 bits per heavy atom. The van der Waals surface area contributed by atoms with Crippen molar-refractivity contribution in [2.45, 2.75) is 16.8 Å². The van der Waals surface area contributed by atoms with Crippen molar-refractivity contribution in [1.29, 1.82) is 0 Å². The highest BCUT2D eigenvalue weighted by Gasteiger charge is 2.08. The minimum atomic E-state index is 0.858. The summed E-state index contributed by atoms with van der Waals surface area (Å²) in [4.78, 5) is 12.1. The number of nitrogens with zero attached hydrogens (tertiary/aromatic N) is 2. The van der Waals surface area contributed by atoms with Crippen molar-refractivity contribution in [2.24, 2.45) is 0 Å². The minimum absolute atomic E-state index is 0.858. The van der Waals surface area contributed by atoms with Gasteiger partial charge in [-0.3, -0.25) is 0 Å². The minimum Gasteiger partial charge on any atom is -0.497 e. The molecule has 0 aliphatic carbocycles. The first-order valence-corrected chi connectivity index (χ1v) is 7.42. The second-order valence-electron chi connectivity index (χ2n) is 4.04. The van der Waals surface area contributed by atoms with Gasteiger partial charge >= 0.3 is 0 Å². The van der Waals surface area contributed by atoms with E-state index in [1.807, 2.05) is 18.2 Å². The molecule has 3 nitrogen and oxygen atoms in total. The van der Waals surface area contributed by atoms with E-state index in [-0.39, 0.29) is 0 Å². The molecule has 0 unspecified atom stereocenters. The molecule has 0 N–H and O–H groups in total. The molecule has 0 fully saturated rings. The molecular formula is C14H12N2OS2. The summed E-state index contributed by atoms with van der Waals surface area (Å²) in [6.07, 6.45) is 1.63. The van der Waals surface area contributed by atoms with Crippen molar-refractivity contribution < 1.29 is 4.74 Å². The number of aryl methyl sites for hydroxylation is 1. The molecule has 0 spiro atoms. The predicted molar refractivity (Wildman–Crippen MR) is 79.3 cm³/mol. The predicted octanol–water partition coefficient (Wildman–Crippen LogP) is 4.16. The quantitative estimate of drug-likeness (QED) is 0.678. The van der Waals surface area contributed by atoms with E-state index < -0.39 is 0 Å². The lowest BCUT2D eigenvalue weighted by Crippen LogP contribution is -1.85. The van der Waals surface area contributed by atoms with Crippen LogP contribution < -0.4 is 4.74 Å². The van der Waals surface area contributed by atoms with Gasteiger partial charge in [0.1, 0.15) is 21.9 Å². The normalized spacial score (nSPS) is 10.8. The Morgan fingerprint density at radius 2 is 2.11 bits per heavy atom. The monoisotopic (exact) mass is 288 g/mol. The van der Waals surface area contributed by atoms with Crippen LogP contribution in [0.5, 0.6) is 5.75 Å². The Hall–Kier alpha value is -1.59. The van der Waals surface area contributed by atoms with Crippen molar-refractivity contribution in [3.8, 4) is 5.75 Å². The van der Waals surface area contributed by atoms with Crippen molar-refractivity contribution in [3.05, 3.63) is 41.5 Å². The first kappa shape index (κ1) is 12.4. The number of methoxy groups -OCH3 is 1. The number of hydrogen-bond donors (Lipinski definition) is 0. The van der Waals surface area contributed by atoms with E-state index in [9.17, 15) is 0 Å². The van der Waals surface area contributed by atoms with Crippen molar-refractivity contribution in [2.75, 3.05) is 7.11 Å². The summed E-state index contributed by atoms with van der Waals surface area (Å²) in [5.74, 6) is 0.858. The van der Waals surface area contributed by atoms with Crippen LogP contribution in [0.4, 0.5) is 0 Å². The summed E-state index contributed by atoms with van der Waals surface area (Å²) in [5, 5.41) is 2.11. The maximum absolute atomic E-state index is 5.24. The Morgan fingerprint density at radius 3 is 2.95 bits per heavy atom. The van der Waals surface area contributed by atoms with Crippen LogP contribution in [0.15, 0.2) is 46.6 Å². The molecule has 19 heavy (non-hydrogen) atoms. The highest BCUT2D eigenvalue weighted by molar-refractivity contribution is 7.99. The van der Waals surface area contributed by atoms with Gasteiger partial charge in [0.2, 0.25) is 0 Å². The van der Waals surface area contributed by atoms with Gasteiger partial charge in [-0.1, -0.05) is 17.8 Å². The summed E-state index contributed by atoms with van der Waals surface area (Å²) >= 11 is 3.33. The molecule has 3 rings (SSSR count). The number of hydrogen-bond acceptors (Lipinski definition) is 5. The van der Waals surface area contributed by atoms with E-state index >= 15 is 0 Å². The molecular weight excluding hydrogens is 276 g/mol. The lowest BCUT2D eigenvalue weighted by atomic mass is 10.3. The smallest absolute Gasteiger partial charge is 0.128 e. The summed E-state index contributed by atoms with van der Waals surface area (Å²) < 4.78 is 5.24. The molecule has 0 atom stereocenters. The SMILES string of the molecule is COc1cccc(Sc2ncnc3sc(C)cc23)c1. The standard InChI is InChI=1S/C14H12N2OS2/c1-9-6-12-13(18-9)15-8-16-14(12)19-11-5-3-4-10(7-11)17-2/h3-8H,1-2H3. The molecule has 2 aromatic heterocycles. The van der Waals surface area contributed by atoms with Gasteiger partial charge in [-0.15, -0.1) is 11.3 Å². The van der Waals surface area contributed by atoms with Crippen LogP contribution in [0.2, 0.25) is 0 Å². The average Bonchev–Trinajstić information content (AvgIpc) is 2.80. The van der Waals surface area contributed by atoms with Crippen LogP contribution in [-0.2, 0) is 0 Å². The first-order chi connectivity index (χ1) is 9.26. The molecule has 0 bridgehead atoms. The van der Waals surface area contributed by atoms with E-state index in [1.54, 1.807) is 36.5 Å². The summed E-state index contributed by atoms with van der Waals surface area (Å²) in [5.41, 5.74) is 0. The lowest BCUT2D eigenvalue weighted by molar-refractivity contribution is 0.413. The highest BCUT2D eigenvalue weighted by Crippen LogP contribution is 2.35. The Bertz CT molecular complexity index is 724. The van der Waals surface area contributed by atoms with Gasteiger partial charge in [0.05, 0.1) is 7.11 Å². The number of ether oxygens (including phenoxy) is 1. The largest absolute Gasteiger partial charge is 0.497 e. The van der Waals surface area contributed by atoms with E-state index in [0.29, 0.717) is 0 Å². The Balaban J connectivity index is 2.00. The molecule has 96 valence electrons. The van der Waals surface area contributed by atoms with Crippen molar-refractivity contribution >= 4 is 33.3 Å². The molecule has 2 heterocycles. The van der Waals surface area contributed by atoms with Crippen LogP contribution >= 0.6 is 23.1 Å². The van der Waals surface area contributed by atoms with Gasteiger partial charge in [-0.05, 0) is 31.2 Å². The molecule has 0 amide bonds. The maximum Gasteiger partial charge on any atom is 0.128 e. The second-order valence-corrected chi connectivity index (χ2v) is 6.33. The van der Waals surface area contributed by atoms with E-state index in [0.717, 1.165) is 25.9 Å². The van der Waals surface area contributed by atoms with Crippen molar-refractivity contribution in [3.63, 3.8) is 0 Å². The van der Waals surface area contributed by atoms with Crippen LogP contribution in [0.25, 0.3) is 10.2 Å². The topological polar surface area (TPSA) is 35.0 Å². The fraction of sp³-hybridized carbons (Fsp3) is 0.143. The fourth-order valence-corrected chi connectivity index (χ4v) is 3.63. The molecule has 0 radical (unpaired) electrons. The number of benzene rings is 1. The molecule has 0 aliphatic heterocycles. The third-order valence-corrected chi connectivity index (χ3v) is 4.64. The van der Waals surface area contributed by atoms with E-state index in [4.69, 9.17) is 4.74 Å². The zero-order chi connectivity index (χ0) is 13.2. The number of thiophene rings is 1. The summed E-state index contributed by atoms with van der Waals surface area (Å²) in [7, 11) is 1.68. The number of aromatic nitrogens is 2. The fourth-order valence-electron chi connectivity index (χ4n) is 1.81. The summed E-state index contributed by atoms with van der Waals surface area (Å²) in [6.45, 7) is 2.09. The van der Waals surface area contributed by atoms with E-state index in [1.165, 1.54) is 4.88 Å². The number of fused-ring (bicyclic) bond motifs is 1. The van der Waals surface area contributed by atoms with Gasteiger partial charge in [0.15, 0.2) is 0 Å². The van der Waals surface area contributed by atoms with Crippen molar-refractivity contribution in [1.82, 2.24) is 9.97 Å².